The molecule has 0 spiro atoms. The number of aliphatic hydroxyl groups is 1. The fourth-order valence-electron chi connectivity index (χ4n) is 0.676. The van der Waals surface area contributed by atoms with E-state index in [2.05, 4.69) is 10.3 Å². The van der Waals surface area contributed by atoms with Crippen molar-refractivity contribution in [3.05, 3.63) is 0 Å². The fraction of sp³-hybridized carbons (Fsp3) is 0.833. The molecule has 1 atom stereocenters. The quantitative estimate of drug-likeness (QED) is 0.350. The molecule has 0 radical (unpaired) electrons. The third-order valence-corrected chi connectivity index (χ3v) is 1.31. The van der Waals surface area contributed by atoms with Gasteiger partial charge >= 0.3 is 0 Å². The lowest BCUT2D eigenvalue weighted by Gasteiger charge is -2.21. The molecule has 10 heavy (non-hydrogen) atoms. The Morgan fingerprint density at radius 3 is 2.60 bits per heavy atom. The summed E-state index contributed by atoms with van der Waals surface area (Å²) in [5.74, 6) is 0.252. The molecule has 4 N–H and O–H groups in total. The number of nitrogens with one attached hydrogen (secondary N) is 1. The molecule has 1 unspecified atom stereocenters. The Bertz CT molecular complexity index is 131. The lowest BCUT2D eigenvalue weighted by molar-refractivity contribution is 0.132. The minimum Gasteiger partial charge on any atom is -0.385 e. The third-order valence-electron chi connectivity index (χ3n) is 1.31. The molecule has 0 rings (SSSR count). The maximum absolute atomic E-state index is 9.46. The Labute approximate surface area is 61.1 Å². The van der Waals surface area contributed by atoms with Crippen molar-refractivity contribution in [3.63, 3.8) is 0 Å². The van der Waals surface area contributed by atoms with Gasteiger partial charge in [0.25, 0.3) is 0 Å². The van der Waals surface area contributed by atoms with Gasteiger partial charge in [0.1, 0.15) is 11.4 Å². The topological polar surface area (TPSA) is 70.6 Å². The van der Waals surface area contributed by atoms with Gasteiger partial charge in [-0.3, -0.25) is 4.99 Å². The Morgan fingerprint density at radius 1 is 1.80 bits per heavy atom. The first-order chi connectivity index (χ1) is 4.54. The van der Waals surface area contributed by atoms with Gasteiger partial charge in [0.15, 0.2) is 0 Å². The van der Waals surface area contributed by atoms with Gasteiger partial charge in [-0.1, -0.05) is 0 Å². The van der Waals surface area contributed by atoms with Crippen molar-refractivity contribution in [1.29, 1.82) is 0 Å². The minimum absolute atomic E-state index is 0.252. The second-order valence-electron chi connectivity index (χ2n) is 2.41. The average Bonchev–Trinajstić information content (AvgIpc) is 1.86. The van der Waals surface area contributed by atoms with Crippen LogP contribution in [0.2, 0.25) is 0 Å². The van der Waals surface area contributed by atoms with Crippen molar-refractivity contribution in [2.75, 3.05) is 20.6 Å². The van der Waals surface area contributed by atoms with E-state index < -0.39 is 5.60 Å². The van der Waals surface area contributed by atoms with Gasteiger partial charge in [-0.15, -0.1) is 0 Å². The van der Waals surface area contributed by atoms with Gasteiger partial charge in [0.2, 0.25) is 0 Å². The van der Waals surface area contributed by atoms with Crippen LogP contribution in [0.4, 0.5) is 0 Å². The number of amidine groups is 1. The lowest BCUT2D eigenvalue weighted by atomic mass is 10.1. The fourth-order valence-corrected chi connectivity index (χ4v) is 0.676. The number of rotatable bonds is 3. The molecule has 0 saturated carbocycles. The average molecular weight is 145 g/mol. The largest absolute Gasteiger partial charge is 0.385 e. The van der Waals surface area contributed by atoms with E-state index in [1.54, 1.807) is 21.0 Å². The maximum atomic E-state index is 9.46. The van der Waals surface area contributed by atoms with Crippen molar-refractivity contribution in [3.8, 4) is 0 Å². The molecule has 0 aliphatic rings. The first kappa shape index (κ1) is 9.39. The van der Waals surface area contributed by atoms with Crippen LogP contribution in [0.25, 0.3) is 0 Å². The highest BCUT2D eigenvalue weighted by Crippen LogP contribution is 1.99. The summed E-state index contributed by atoms with van der Waals surface area (Å²) < 4.78 is 0. The van der Waals surface area contributed by atoms with Crippen LogP contribution in [-0.4, -0.2) is 37.2 Å². The van der Waals surface area contributed by atoms with Crippen LogP contribution >= 0.6 is 0 Å². The molecule has 0 heterocycles. The summed E-state index contributed by atoms with van der Waals surface area (Å²) in [6.07, 6.45) is 0. The van der Waals surface area contributed by atoms with Crippen molar-refractivity contribution in [1.82, 2.24) is 5.32 Å². The molecule has 4 heteroatoms. The van der Waals surface area contributed by atoms with Crippen LogP contribution in [0, 0.1) is 0 Å². The third kappa shape index (κ3) is 2.33. The highest BCUT2D eigenvalue weighted by atomic mass is 16.3. The summed E-state index contributed by atoms with van der Waals surface area (Å²) in [4.78, 5) is 3.68. The smallest absolute Gasteiger partial charge is 0.131 e. The molecule has 0 aromatic heterocycles. The number of hydrogen-bond donors (Lipinski definition) is 3. The molecule has 0 aliphatic carbocycles. The molecule has 0 fully saturated rings. The zero-order valence-corrected chi connectivity index (χ0v) is 6.68. The van der Waals surface area contributed by atoms with Crippen molar-refractivity contribution in [2.45, 2.75) is 12.5 Å². The van der Waals surface area contributed by atoms with Gasteiger partial charge in [0, 0.05) is 13.6 Å². The Balaban J connectivity index is 4.10. The first-order valence-electron chi connectivity index (χ1n) is 3.14. The Hall–Kier alpha value is -0.610. The maximum Gasteiger partial charge on any atom is 0.131 e. The number of hydrogen-bond acceptors (Lipinski definition) is 3. The standard InChI is InChI=1S/C6H15N3O/c1-6(10,4-8-2)5(7)9-3/h8,10H,4H2,1-3H3,(H2,7,9). The molecule has 0 aliphatic heterocycles. The minimum atomic E-state index is -1.02. The molecule has 4 nitrogen and oxygen atoms in total. The molecule has 0 aromatic rings. The zero-order valence-electron chi connectivity index (χ0n) is 6.68. The molecule has 0 amide bonds. The van der Waals surface area contributed by atoms with E-state index in [9.17, 15) is 5.11 Å². The summed E-state index contributed by atoms with van der Waals surface area (Å²) >= 11 is 0. The van der Waals surface area contributed by atoms with Gasteiger partial charge in [-0.25, -0.2) is 0 Å². The number of aliphatic imine (C=N–C) groups is 1. The first-order valence-corrected chi connectivity index (χ1v) is 3.14. The highest BCUT2D eigenvalue weighted by Gasteiger charge is 2.23. The predicted molar refractivity (Wildman–Crippen MR) is 42.1 cm³/mol. The van der Waals surface area contributed by atoms with Crippen LogP contribution in [0.1, 0.15) is 6.92 Å². The molecular weight excluding hydrogens is 130 g/mol. The van der Waals surface area contributed by atoms with Gasteiger partial charge < -0.3 is 16.2 Å². The van der Waals surface area contributed by atoms with E-state index in [4.69, 9.17) is 5.73 Å². The monoisotopic (exact) mass is 145 g/mol. The van der Waals surface area contributed by atoms with E-state index in [-0.39, 0.29) is 5.84 Å². The summed E-state index contributed by atoms with van der Waals surface area (Å²) in [7, 11) is 3.30. The Morgan fingerprint density at radius 2 is 2.30 bits per heavy atom. The number of nitrogens with two attached hydrogens (primary N) is 1. The molecule has 60 valence electrons. The van der Waals surface area contributed by atoms with Crippen LogP contribution in [0.15, 0.2) is 4.99 Å². The van der Waals surface area contributed by atoms with E-state index in [0.717, 1.165) is 0 Å². The molecule has 0 saturated heterocycles. The van der Waals surface area contributed by atoms with Crippen molar-refractivity contribution in [2.24, 2.45) is 10.7 Å². The predicted octanol–water partition coefficient (Wildman–Crippen LogP) is -1.06. The van der Waals surface area contributed by atoms with Gasteiger partial charge in [-0.05, 0) is 14.0 Å². The summed E-state index contributed by atoms with van der Waals surface area (Å²) in [6.45, 7) is 2.03. The number of nitrogens with zero attached hydrogens (tertiary/aromatic N) is 1. The molecule has 0 aromatic carbocycles. The highest BCUT2D eigenvalue weighted by molar-refractivity contribution is 5.88. The normalized spacial score (nSPS) is 18.6. The van der Waals surface area contributed by atoms with Crippen molar-refractivity contribution >= 4 is 5.84 Å². The molecular formula is C6H15N3O. The van der Waals surface area contributed by atoms with E-state index in [0.29, 0.717) is 6.54 Å². The van der Waals surface area contributed by atoms with Crippen LogP contribution in [0.3, 0.4) is 0 Å². The summed E-state index contributed by atoms with van der Waals surface area (Å²) in [6, 6.07) is 0. The Kier molecular flexibility index (Phi) is 3.32. The van der Waals surface area contributed by atoms with Crippen LogP contribution < -0.4 is 11.1 Å². The molecule has 0 bridgehead atoms. The second kappa shape index (κ2) is 3.53. The van der Waals surface area contributed by atoms with Crippen LogP contribution in [-0.2, 0) is 0 Å². The van der Waals surface area contributed by atoms with Crippen molar-refractivity contribution < 1.29 is 5.11 Å². The van der Waals surface area contributed by atoms with Gasteiger partial charge in [-0.2, -0.15) is 0 Å². The van der Waals surface area contributed by atoms with E-state index in [1.165, 1.54) is 0 Å². The van der Waals surface area contributed by atoms with Crippen LogP contribution in [0.5, 0.6) is 0 Å². The lowest BCUT2D eigenvalue weighted by Crippen LogP contribution is -2.48. The number of likely N-dealkylation sites (N-methyl/N-ethyl adjacent to an activating group) is 1. The van der Waals surface area contributed by atoms with Gasteiger partial charge in [0.05, 0.1) is 0 Å². The summed E-state index contributed by atoms with van der Waals surface area (Å²) in [5.41, 5.74) is 4.37. The van der Waals surface area contributed by atoms with E-state index >= 15 is 0 Å². The SMILES string of the molecule is CN=C(N)C(C)(O)CNC. The zero-order chi connectivity index (χ0) is 8.20. The summed E-state index contributed by atoms with van der Waals surface area (Å²) in [5, 5.41) is 12.3. The second-order valence-corrected chi connectivity index (χ2v) is 2.41. The van der Waals surface area contributed by atoms with E-state index in [1.807, 2.05) is 0 Å².